The van der Waals surface area contributed by atoms with Crippen LogP contribution in [0, 0.1) is 0 Å². The van der Waals surface area contributed by atoms with Crippen LogP contribution in [0.4, 0.5) is 0 Å². The summed E-state index contributed by atoms with van der Waals surface area (Å²) in [6.45, 7) is 5.41. The average molecular weight is 624 g/mol. The van der Waals surface area contributed by atoms with Gasteiger partial charge in [-0.15, -0.1) is 0 Å². The largest absolute Gasteiger partial charge is 0.493 e. The minimum absolute atomic E-state index is 0.0285. The van der Waals surface area contributed by atoms with E-state index in [9.17, 15) is 9.59 Å². The molecule has 2 N–H and O–H groups in total. The fourth-order valence-corrected chi connectivity index (χ4v) is 3.60. The number of carbonyl (C=O) groups is 2. The fourth-order valence-electron chi connectivity index (χ4n) is 2.84. The molecular weight excluding hydrogens is 592 g/mol. The Labute approximate surface area is 229 Å². The summed E-state index contributed by atoms with van der Waals surface area (Å²) in [6, 6.07) is 11.2. The highest BCUT2D eigenvalue weighted by molar-refractivity contribution is 9.10. The summed E-state index contributed by atoms with van der Waals surface area (Å²) in [7, 11) is 0. The first-order valence-corrected chi connectivity index (χ1v) is 13.5. The van der Waals surface area contributed by atoms with Gasteiger partial charge >= 0.3 is 0 Å². The third-order valence-corrected chi connectivity index (χ3v) is 5.81. The first-order chi connectivity index (χ1) is 17.4. The summed E-state index contributed by atoms with van der Waals surface area (Å²) in [5, 5.41) is 7.99. The summed E-state index contributed by atoms with van der Waals surface area (Å²) < 4.78 is 13.3. The molecule has 0 fully saturated rings. The molecule has 2 rings (SSSR count). The smallest absolute Gasteiger partial charge is 0.240 e. The second-order valence-corrected chi connectivity index (χ2v) is 9.69. The van der Waals surface area contributed by atoms with Crippen molar-refractivity contribution in [2.75, 3.05) is 13.2 Å². The quantitative estimate of drug-likeness (QED) is 0.145. The van der Waals surface area contributed by atoms with Gasteiger partial charge in [0.2, 0.25) is 11.8 Å². The van der Waals surface area contributed by atoms with Crippen molar-refractivity contribution in [2.24, 2.45) is 10.2 Å². The van der Waals surface area contributed by atoms with Gasteiger partial charge in [0, 0.05) is 32.9 Å². The Hall–Kier alpha value is -2.72. The molecule has 10 heteroatoms. The second-order valence-electron chi connectivity index (χ2n) is 7.85. The number of rotatable bonds is 15. The molecule has 36 heavy (non-hydrogen) atoms. The van der Waals surface area contributed by atoms with Crippen LogP contribution in [0.25, 0.3) is 0 Å². The first-order valence-electron chi connectivity index (χ1n) is 11.9. The molecule has 0 bridgehead atoms. The summed E-state index contributed by atoms with van der Waals surface area (Å²) in [5.41, 5.74) is 6.35. The van der Waals surface area contributed by atoms with Crippen molar-refractivity contribution in [1.29, 1.82) is 0 Å². The molecule has 0 unspecified atom stereocenters. The molecular formula is C26H32Br2N4O4. The number of amides is 2. The van der Waals surface area contributed by atoms with Gasteiger partial charge in [-0.2, -0.15) is 10.2 Å². The van der Waals surface area contributed by atoms with Crippen LogP contribution < -0.4 is 20.3 Å². The number of hydrogen-bond acceptors (Lipinski definition) is 6. The van der Waals surface area contributed by atoms with Gasteiger partial charge in [0.05, 0.1) is 25.6 Å². The Bertz CT molecular complexity index is 977. The predicted octanol–water partition coefficient (Wildman–Crippen LogP) is 5.95. The molecule has 0 aliphatic carbocycles. The summed E-state index contributed by atoms with van der Waals surface area (Å²) in [6.07, 6.45) is 6.96. The topological polar surface area (TPSA) is 101 Å². The van der Waals surface area contributed by atoms with Crippen molar-refractivity contribution in [2.45, 2.75) is 52.4 Å². The number of hydrogen-bond donors (Lipinski definition) is 2. The number of ether oxygens (including phenoxy) is 2. The third-order valence-electron chi connectivity index (χ3n) is 4.82. The van der Waals surface area contributed by atoms with E-state index in [-0.39, 0.29) is 24.7 Å². The second kappa shape index (κ2) is 16.9. The molecule has 2 amide bonds. The minimum atomic E-state index is -0.382. The van der Waals surface area contributed by atoms with Crippen LogP contribution in [0.1, 0.15) is 63.5 Å². The SMILES string of the molecule is CCCCOc1ccc(Br)cc1/C=N/NC(=O)CCC(=O)N/N=C/c1cc(Br)ccc1OCCCC. The molecule has 0 saturated carbocycles. The van der Waals surface area contributed by atoms with E-state index < -0.39 is 0 Å². The Kier molecular flexibility index (Phi) is 13.8. The molecule has 194 valence electrons. The zero-order chi connectivity index (χ0) is 26.2. The normalized spacial score (nSPS) is 11.1. The average Bonchev–Trinajstić information content (AvgIpc) is 2.85. The number of nitrogens with zero attached hydrogens (tertiary/aromatic N) is 2. The van der Waals surface area contributed by atoms with Gasteiger partial charge in [-0.25, -0.2) is 10.9 Å². The van der Waals surface area contributed by atoms with Crippen LogP contribution in [0.3, 0.4) is 0 Å². The highest BCUT2D eigenvalue weighted by Gasteiger charge is 2.07. The zero-order valence-electron chi connectivity index (χ0n) is 20.6. The zero-order valence-corrected chi connectivity index (χ0v) is 23.7. The molecule has 0 atom stereocenters. The monoisotopic (exact) mass is 622 g/mol. The van der Waals surface area contributed by atoms with E-state index in [2.05, 4.69) is 66.8 Å². The molecule has 0 saturated heterocycles. The van der Waals surface area contributed by atoms with E-state index in [0.717, 1.165) is 45.8 Å². The summed E-state index contributed by atoms with van der Waals surface area (Å²) >= 11 is 6.85. The van der Waals surface area contributed by atoms with Gasteiger partial charge in [-0.3, -0.25) is 9.59 Å². The molecule has 0 aliphatic heterocycles. The van der Waals surface area contributed by atoms with Crippen molar-refractivity contribution >= 4 is 56.1 Å². The molecule has 8 nitrogen and oxygen atoms in total. The number of carbonyl (C=O) groups excluding carboxylic acids is 2. The van der Waals surface area contributed by atoms with Crippen LogP contribution in [0.2, 0.25) is 0 Å². The Morgan fingerprint density at radius 1 is 0.778 bits per heavy atom. The van der Waals surface area contributed by atoms with Gasteiger partial charge in [0.25, 0.3) is 0 Å². The number of nitrogens with one attached hydrogen (secondary N) is 2. The summed E-state index contributed by atoms with van der Waals surface area (Å²) in [4.78, 5) is 24.2. The van der Waals surface area contributed by atoms with Crippen LogP contribution in [-0.2, 0) is 9.59 Å². The van der Waals surface area contributed by atoms with Crippen molar-refractivity contribution < 1.29 is 19.1 Å². The van der Waals surface area contributed by atoms with Crippen molar-refractivity contribution in [3.05, 3.63) is 56.5 Å². The maximum atomic E-state index is 12.1. The van der Waals surface area contributed by atoms with Gasteiger partial charge in [0.1, 0.15) is 11.5 Å². The molecule has 0 aliphatic rings. The van der Waals surface area contributed by atoms with Crippen molar-refractivity contribution in [3.8, 4) is 11.5 Å². The Balaban J connectivity index is 1.81. The van der Waals surface area contributed by atoms with Crippen LogP contribution >= 0.6 is 31.9 Å². The van der Waals surface area contributed by atoms with E-state index in [1.165, 1.54) is 12.4 Å². The van der Waals surface area contributed by atoms with Crippen LogP contribution in [-0.4, -0.2) is 37.5 Å². The molecule has 0 heterocycles. The highest BCUT2D eigenvalue weighted by atomic mass is 79.9. The van der Waals surface area contributed by atoms with E-state index in [1.54, 1.807) is 0 Å². The minimum Gasteiger partial charge on any atom is -0.493 e. The maximum Gasteiger partial charge on any atom is 0.240 e. The van der Waals surface area contributed by atoms with E-state index >= 15 is 0 Å². The van der Waals surface area contributed by atoms with Gasteiger partial charge < -0.3 is 9.47 Å². The lowest BCUT2D eigenvalue weighted by Gasteiger charge is -2.09. The van der Waals surface area contributed by atoms with Crippen molar-refractivity contribution in [3.63, 3.8) is 0 Å². The lowest BCUT2D eigenvalue weighted by Crippen LogP contribution is -2.23. The van der Waals surface area contributed by atoms with E-state index in [0.29, 0.717) is 24.7 Å². The van der Waals surface area contributed by atoms with E-state index in [1.807, 2.05) is 36.4 Å². The van der Waals surface area contributed by atoms with E-state index in [4.69, 9.17) is 9.47 Å². The number of unbranched alkanes of at least 4 members (excludes halogenated alkanes) is 2. The van der Waals surface area contributed by atoms with Gasteiger partial charge in [-0.05, 0) is 49.2 Å². The Morgan fingerprint density at radius 3 is 1.58 bits per heavy atom. The number of hydrazone groups is 2. The lowest BCUT2D eigenvalue weighted by atomic mass is 10.2. The number of halogens is 2. The molecule has 0 radical (unpaired) electrons. The van der Waals surface area contributed by atoms with Crippen LogP contribution in [0.15, 0.2) is 55.5 Å². The molecule has 2 aromatic rings. The third kappa shape index (κ3) is 11.3. The van der Waals surface area contributed by atoms with Crippen molar-refractivity contribution in [1.82, 2.24) is 10.9 Å². The van der Waals surface area contributed by atoms with Gasteiger partial charge in [0.15, 0.2) is 0 Å². The molecule has 2 aromatic carbocycles. The fraction of sp³-hybridized carbons (Fsp3) is 0.385. The number of benzene rings is 2. The summed E-state index contributed by atoms with van der Waals surface area (Å²) in [5.74, 6) is 0.609. The lowest BCUT2D eigenvalue weighted by molar-refractivity contribution is -0.126. The van der Waals surface area contributed by atoms with Crippen LogP contribution in [0.5, 0.6) is 11.5 Å². The molecule has 0 aromatic heterocycles. The maximum absolute atomic E-state index is 12.1. The standard InChI is InChI=1S/C26H32Br2N4O4/c1-3-5-13-35-23-9-7-21(27)15-19(23)17-29-31-25(33)11-12-26(34)32-30-18-20-16-22(28)8-10-24(20)36-14-6-4-2/h7-10,15-18H,3-6,11-14H2,1-2H3,(H,31,33)(H,32,34)/b29-17+,30-18+. The highest BCUT2D eigenvalue weighted by Crippen LogP contribution is 2.23. The first kappa shape index (κ1) is 29.5. The predicted molar refractivity (Wildman–Crippen MR) is 150 cm³/mol. The molecule has 0 spiro atoms. The van der Waals surface area contributed by atoms with Gasteiger partial charge in [-0.1, -0.05) is 58.5 Å². The Morgan fingerprint density at radius 2 is 1.19 bits per heavy atom.